The number of carbonyl (C=O) groups excluding carboxylic acids is 1. The minimum absolute atomic E-state index is 0.265. The molecule has 0 saturated carbocycles. The van der Waals surface area contributed by atoms with Crippen LogP contribution < -0.4 is 11.2 Å². The van der Waals surface area contributed by atoms with Crippen molar-refractivity contribution in [1.82, 2.24) is 9.97 Å². The van der Waals surface area contributed by atoms with Gasteiger partial charge < -0.3 is 29.3 Å². The van der Waals surface area contributed by atoms with Crippen LogP contribution in [0.1, 0.15) is 92.7 Å². The number of ether oxygens (including phenoxy) is 1. The zero-order chi connectivity index (χ0) is 43.6. The second kappa shape index (κ2) is 20.3. The number of furan rings is 1. The van der Waals surface area contributed by atoms with Crippen LogP contribution in [0.2, 0.25) is 0 Å². The fourth-order valence-corrected chi connectivity index (χ4v) is 6.10. The van der Waals surface area contributed by atoms with Gasteiger partial charge in [0.15, 0.2) is 0 Å². The summed E-state index contributed by atoms with van der Waals surface area (Å²) in [5, 5.41) is 10.2. The first-order valence-electron chi connectivity index (χ1n) is 18.2. The van der Waals surface area contributed by atoms with Crippen LogP contribution in [-0.4, -0.2) is 52.4 Å². The molecule has 0 bridgehead atoms. The maximum atomic E-state index is 12.0. The number of halogens is 5. The van der Waals surface area contributed by atoms with Crippen LogP contribution in [0, 0.1) is 6.92 Å². The molecule has 1 aliphatic heterocycles. The van der Waals surface area contributed by atoms with Crippen LogP contribution in [0.25, 0.3) is 10.9 Å². The van der Waals surface area contributed by atoms with E-state index in [9.17, 15) is 27.9 Å². The summed E-state index contributed by atoms with van der Waals surface area (Å²) in [6.45, 7) is 16.2. The van der Waals surface area contributed by atoms with Crippen molar-refractivity contribution in [2.45, 2.75) is 96.5 Å². The van der Waals surface area contributed by atoms with Crippen molar-refractivity contribution in [3.05, 3.63) is 123 Å². The number of methoxy groups -OCH3 is 1. The Hall–Kier alpha value is -4.09. The number of carboxylic acids is 1. The molecular weight excluding hydrogens is 886 g/mol. The summed E-state index contributed by atoms with van der Waals surface area (Å²) in [6, 6.07) is 19.6. The Labute approximate surface area is 354 Å². The van der Waals surface area contributed by atoms with Crippen molar-refractivity contribution < 1.29 is 46.3 Å². The zero-order valence-corrected chi connectivity index (χ0v) is 37.1. The molecule has 0 aliphatic carbocycles. The van der Waals surface area contributed by atoms with Gasteiger partial charge >= 0.3 is 25.2 Å². The standard InChI is InChI=1S/C17H25BO4.C12H12N2O2.C7H8BrN.C6H4BrF3O/c1-15(2,14(19)20-7)12-9-8-10-13(11-12)18-21-16(3,4)17(5,6)22-18;1-3-9-7(2)11(12(15)16)8-4-5-13-6-10(8)14-9;8-7-3-1-6(5-9)2-4-7;7-3-4-1-2-5(11-4)6(8,9)10/h8-11H,1-7H3;4-6H,3H2,1-2H3,(H,15,16);1-4H,5,9H2;1-2H,3H2. The van der Waals surface area contributed by atoms with Crippen LogP contribution in [0.3, 0.4) is 0 Å². The SMILES string of the molecule is CCc1nc2cnccc2c(C(=O)O)c1C.COC(=O)C(C)(C)c1cccc(B2OC(C)(C)C(C)(C)O2)c1.FC(F)(F)c1ccc(CBr)o1.NCc1ccc(Br)cc1. The molecule has 312 valence electrons. The number of nitrogens with two attached hydrogens (primary N) is 1. The van der Waals surface area contributed by atoms with Crippen LogP contribution >= 0.6 is 31.9 Å². The normalized spacial score (nSPS) is 14.3. The van der Waals surface area contributed by atoms with Crippen molar-refractivity contribution >= 4 is 67.3 Å². The zero-order valence-electron chi connectivity index (χ0n) is 34.0. The molecule has 1 fully saturated rings. The van der Waals surface area contributed by atoms with Gasteiger partial charge in [-0.3, -0.25) is 14.8 Å². The van der Waals surface area contributed by atoms with Gasteiger partial charge in [-0.05, 0) is 107 Å². The molecule has 2 aromatic carbocycles. The van der Waals surface area contributed by atoms with Crippen molar-refractivity contribution in [1.29, 1.82) is 0 Å². The van der Waals surface area contributed by atoms with Crippen LogP contribution in [-0.2, 0) is 48.7 Å². The molecule has 3 N–H and O–H groups in total. The van der Waals surface area contributed by atoms with E-state index in [1.165, 1.54) is 18.7 Å². The molecule has 58 heavy (non-hydrogen) atoms. The molecule has 10 nitrogen and oxygen atoms in total. The Kier molecular flexibility index (Phi) is 16.9. The lowest BCUT2D eigenvalue weighted by Gasteiger charge is -2.32. The summed E-state index contributed by atoms with van der Waals surface area (Å²) >= 11 is 6.31. The minimum atomic E-state index is -4.37. The lowest BCUT2D eigenvalue weighted by Crippen LogP contribution is -2.41. The van der Waals surface area contributed by atoms with Gasteiger partial charge in [-0.15, -0.1) is 0 Å². The fraction of sp³-hybridized carbons (Fsp3) is 0.381. The van der Waals surface area contributed by atoms with E-state index in [0.29, 0.717) is 28.3 Å². The Bertz CT molecular complexity index is 2140. The van der Waals surface area contributed by atoms with E-state index in [4.69, 9.17) is 19.8 Å². The highest BCUT2D eigenvalue weighted by Gasteiger charge is 2.52. The topological polar surface area (TPSA) is 147 Å². The molecule has 5 aromatic rings. The van der Waals surface area contributed by atoms with Gasteiger partial charge in [-0.25, -0.2) is 4.79 Å². The lowest BCUT2D eigenvalue weighted by atomic mass is 9.75. The molecule has 0 unspecified atom stereocenters. The number of aromatic nitrogens is 2. The molecule has 3 aromatic heterocycles. The van der Waals surface area contributed by atoms with Crippen LogP contribution in [0.5, 0.6) is 0 Å². The van der Waals surface area contributed by atoms with Gasteiger partial charge in [0.1, 0.15) is 5.76 Å². The Morgan fingerprint density at radius 3 is 2.09 bits per heavy atom. The van der Waals surface area contributed by atoms with E-state index in [-0.39, 0.29) is 22.9 Å². The van der Waals surface area contributed by atoms with E-state index in [2.05, 4.69) is 46.2 Å². The van der Waals surface area contributed by atoms with E-state index >= 15 is 0 Å². The summed E-state index contributed by atoms with van der Waals surface area (Å²) in [4.78, 5) is 31.6. The quantitative estimate of drug-likeness (QED) is 0.0919. The lowest BCUT2D eigenvalue weighted by molar-refractivity contribution is -0.153. The number of aromatic carboxylic acids is 1. The second-order valence-corrected chi connectivity index (χ2v) is 16.1. The number of fused-ring (bicyclic) bond motifs is 1. The number of hydrogen-bond donors (Lipinski definition) is 2. The van der Waals surface area contributed by atoms with Gasteiger partial charge in [-0.2, -0.15) is 13.2 Å². The molecule has 6 rings (SSSR count). The van der Waals surface area contributed by atoms with E-state index in [0.717, 1.165) is 39.2 Å². The number of hydrogen-bond acceptors (Lipinski definition) is 9. The molecular formula is C42H49BBr2F3N3O7. The number of aryl methyl sites for hydroxylation is 1. The van der Waals surface area contributed by atoms with Crippen molar-refractivity contribution in [3.8, 4) is 0 Å². The van der Waals surface area contributed by atoms with E-state index in [1.54, 1.807) is 25.4 Å². The molecule has 0 atom stereocenters. The molecule has 0 spiro atoms. The number of carbonyl (C=O) groups is 2. The number of benzene rings is 2. The van der Waals surface area contributed by atoms with Gasteiger partial charge in [0.05, 0.1) is 46.3 Å². The third-order valence-corrected chi connectivity index (χ3v) is 10.8. The number of alkyl halides is 4. The Morgan fingerprint density at radius 1 is 0.983 bits per heavy atom. The average molecular weight is 935 g/mol. The van der Waals surface area contributed by atoms with E-state index in [1.807, 2.05) is 97.0 Å². The monoisotopic (exact) mass is 933 g/mol. The fourth-order valence-electron chi connectivity index (χ4n) is 5.53. The highest BCUT2D eigenvalue weighted by atomic mass is 79.9. The summed E-state index contributed by atoms with van der Waals surface area (Å²) in [6.07, 6.45) is -0.473. The Balaban J connectivity index is 0.000000219. The highest BCUT2D eigenvalue weighted by Crippen LogP contribution is 2.37. The highest BCUT2D eigenvalue weighted by molar-refractivity contribution is 9.10. The van der Waals surface area contributed by atoms with Gasteiger partial charge in [0.25, 0.3) is 0 Å². The van der Waals surface area contributed by atoms with Crippen LogP contribution in [0.15, 0.2) is 88.0 Å². The maximum absolute atomic E-state index is 12.0. The molecule has 0 radical (unpaired) electrons. The summed E-state index contributed by atoms with van der Waals surface area (Å²) < 4.78 is 58.0. The first kappa shape index (κ1) is 48.3. The van der Waals surface area contributed by atoms with Gasteiger partial charge in [0.2, 0.25) is 5.76 Å². The predicted molar refractivity (Wildman–Crippen MR) is 226 cm³/mol. The predicted octanol–water partition coefficient (Wildman–Crippen LogP) is 9.74. The first-order valence-corrected chi connectivity index (χ1v) is 20.1. The molecule has 1 saturated heterocycles. The smallest absolute Gasteiger partial charge is 0.478 e. The summed E-state index contributed by atoms with van der Waals surface area (Å²) in [5.41, 5.74) is 9.40. The maximum Gasteiger partial charge on any atom is 0.494 e. The minimum Gasteiger partial charge on any atom is -0.478 e. The third kappa shape index (κ3) is 12.2. The van der Waals surface area contributed by atoms with Crippen molar-refractivity contribution in [2.75, 3.05) is 7.11 Å². The average Bonchev–Trinajstić information content (AvgIpc) is 3.76. The molecule has 1 aliphatic rings. The van der Waals surface area contributed by atoms with Gasteiger partial charge in [0, 0.05) is 28.3 Å². The molecule has 0 amide bonds. The summed E-state index contributed by atoms with van der Waals surface area (Å²) in [5.74, 6) is -1.85. The van der Waals surface area contributed by atoms with Crippen molar-refractivity contribution in [2.24, 2.45) is 5.73 Å². The number of rotatable bonds is 7. The summed E-state index contributed by atoms with van der Waals surface area (Å²) in [7, 11) is 0.973. The number of pyridine rings is 2. The first-order chi connectivity index (χ1) is 27.0. The number of carboxylic acid groups (broad SMARTS) is 1. The third-order valence-electron chi connectivity index (χ3n) is 9.73. The van der Waals surface area contributed by atoms with Gasteiger partial charge in [-0.1, -0.05) is 75.2 Å². The number of esters is 1. The van der Waals surface area contributed by atoms with E-state index < -0.39 is 30.4 Å². The molecule has 4 heterocycles. The second-order valence-electron chi connectivity index (χ2n) is 14.7. The Morgan fingerprint density at radius 2 is 1.60 bits per heavy atom. The largest absolute Gasteiger partial charge is 0.494 e. The van der Waals surface area contributed by atoms with Crippen LogP contribution in [0.4, 0.5) is 13.2 Å². The molecule has 16 heteroatoms. The number of nitrogens with zero attached hydrogens (tertiary/aromatic N) is 2. The van der Waals surface area contributed by atoms with Crippen molar-refractivity contribution in [3.63, 3.8) is 0 Å².